The molecule has 0 saturated carbocycles. The highest BCUT2D eigenvalue weighted by atomic mass is 35.5. The van der Waals surface area contributed by atoms with Crippen LogP contribution in [0.1, 0.15) is 33.4 Å². The molecule has 0 N–H and O–H groups in total. The summed E-state index contributed by atoms with van der Waals surface area (Å²) in [5.74, 6) is 1.61. The van der Waals surface area contributed by atoms with Gasteiger partial charge in [-0.3, -0.25) is 0 Å². The predicted octanol–water partition coefficient (Wildman–Crippen LogP) is 12.0. The van der Waals surface area contributed by atoms with E-state index in [2.05, 4.69) is 75.5 Å². The van der Waals surface area contributed by atoms with E-state index in [4.69, 9.17) is 32.7 Å². The second kappa shape index (κ2) is 12.6. The first-order chi connectivity index (χ1) is 21.4. The Bertz CT molecular complexity index is 1910. The Hall–Kier alpha value is -4.50. The van der Waals surface area contributed by atoms with E-state index in [-0.39, 0.29) is 0 Å². The van der Waals surface area contributed by atoms with E-state index in [1.165, 1.54) is 0 Å². The standard InChI is InChI=1S/C40H32Cl2O2/c1-5-27-15-17-29-19-25(3)37(43-23-31-11-7-9-13-35(31)41)21-33(29)39(27)40-28(6-2)16-18-30-20-26(4)38(22-34(30)40)44-24-32-12-8-10-14-36(32)42/h5-22H,1-2,23-24H2,3-4H3. The first-order valence-corrected chi connectivity index (χ1v) is 15.3. The molecule has 0 aromatic heterocycles. The maximum Gasteiger partial charge on any atom is 0.123 e. The number of halogens is 2. The summed E-state index contributed by atoms with van der Waals surface area (Å²) in [5.41, 5.74) is 8.17. The number of ether oxygens (including phenoxy) is 2. The Morgan fingerprint density at radius 2 is 0.977 bits per heavy atom. The fraction of sp³-hybridized carbons (Fsp3) is 0.100. The molecule has 6 aromatic rings. The smallest absolute Gasteiger partial charge is 0.123 e. The third kappa shape index (κ3) is 5.71. The summed E-state index contributed by atoms with van der Waals surface area (Å²) in [4.78, 5) is 0. The minimum Gasteiger partial charge on any atom is -0.489 e. The maximum absolute atomic E-state index is 6.43. The lowest BCUT2D eigenvalue weighted by molar-refractivity contribution is 0.304. The molecule has 2 nitrogen and oxygen atoms in total. The maximum atomic E-state index is 6.43. The summed E-state index contributed by atoms with van der Waals surface area (Å²) >= 11 is 12.9. The van der Waals surface area contributed by atoms with Gasteiger partial charge in [0.05, 0.1) is 0 Å². The molecule has 0 heterocycles. The Morgan fingerprint density at radius 1 is 0.568 bits per heavy atom. The van der Waals surface area contributed by atoms with E-state index in [0.717, 1.165) is 77.6 Å². The third-order valence-electron chi connectivity index (χ3n) is 8.07. The number of hydrogen-bond acceptors (Lipinski definition) is 2. The van der Waals surface area contributed by atoms with Gasteiger partial charge >= 0.3 is 0 Å². The molecule has 0 radical (unpaired) electrons. The van der Waals surface area contributed by atoms with Crippen LogP contribution in [0.2, 0.25) is 10.0 Å². The van der Waals surface area contributed by atoms with Gasteiger partial charge in [0, 0.05) is 21.2 Å². The lowest BCUT2D eigenvalue weighted by Gasteiger charge is -2.20. The van der Waals surface area contributed by atoms with Crippen LogP contribution in [0.3, 0.4) is 0 Å². The van der Waals surface area contributed by atoms with Crippen molar-refractivity contribution in [2.75, 3.05) is 0 Å². The fourth-order valence-corrected chi connectivity index (χ4v) is 6.10. The molecule has 4 heteroatoms. The minimum atomic E-state index is 0.375. The molecule has 0 saturated heterocycles. The third-order valence-corrected chi connectivity index (χ3v) is 8.80. The molecule has 0 atom stereocenters. The van der Waals surface area contributed by atoms with Crippen LogP contribution in [0, 0.1) is 13.8 Å². The zero-order chi connectivity index (χ0) is 30.8. The molecular weight excluding hydrogens is 583 g/mol. The zero-order valence-electron chi connectivity index (χ0n) is 24.8. The average Bonchev–Trinajstić information content (AvgIpc) is 3.03. The van der Waals surface area contributed by atoms with Crippen molar-refractivity contribution >= 4 is 56.9 Å². The summed E-state index contributed by atoms with van der Waals surface area (Å²) in [6.45, 7) is 13.2. The van der Waals surface area contributed by atoms with E-state index in [1.54, 1.807) is 0 Å². The van der Waals surface area contributed by atoms with Crippen LogP contribution in [-0.2, 0) is 13.2 Å². The molecule has 0 unspecified atom stereocenters. The number of benzene rings is 6. The summed E-state index contributed by atoms with van der Waals surface area (Å²) in [6, 6.07) is 32.7. The monoisotopic (exact) mass is 614 g/mol. The molecule has 0 spiro atoms. The average molecular weight is 616 g/mol. The van der Waals surface area contributed by atoms with Crippen LogP contribution in [0.15, 0.2) is 110 Å². The summed E-state index contributed by atoms with van der Waals surface area (Å²) in [7, 11) is 0. The topological polar surface area (TPSA) is 18.5 Å². The minimum absolute atomic E-state index is 0.375. The molecule has 44 heavy (non-hydrogen) atoms. The lowest BCUT2D eigenvalue weighted by atomic mass is 9.86. The van der Waals surface area contributed by atoms with Crippen LogP contribution >= 0.6 is 23.2 Å². The van der Waals surface area contributed by atoms with E-state index in [1.807, 2.05) is 60.7 Å². The molecule has 0 fully saturated rings. The summed E-state index contributed by atoms with van der Waals surface area (Å²) in [5, 5.41) is 5.74. The highest BCUT2D eigenvalue weighted by molar-refractivity contribution is 6.31. The van der Waals surface area contributed by atoms with E-state index in [9.17, 15) is 0 Å². The molecule has 0 aliphatic carbocycles. The number of hydrogen-bond donors (Lipinski definition) is 0. The molecule has 0 amide bonds. The van der Waals surface area contributed by atoms with Gasteiger partial charge in [-0.2, -0.15) is 0 Å². The van der Waals surface area contributed by atoms with Crippen molar-refractivity contribution < 1.29 is 9.47 Å². The van der Waals surface area contributed by atoms with Gasteiger partial charge in [-0.05, 0) is 105 Å². The summed E-state index contributed by atoms with van der Waals surface area (Å²) < 4.78 is 12.8. The number of fused-ring (bicyclic) bond motifs is 2. The normalized spacial score (nSPS) is 11.1. The molecule has 0 aliphatic rings. The van der Waals surface area contributed by atoms with Crippen LogP contribution in [0.4, 0.5) is 0 Å². The quantitative estimate of drug-likeness (QED) is 0.161. The van der Waals surface area contributed by atoms with Crippen molar-refractivity contribution in [3.8, 4) is 22.6 Å². The van der Waals surface area contributed by atoms with E-state index < -0.39 is 0 Å². The highest BCUT2D eigenvalue weighted by Gasteiger charge is 2.18. The molecule has 0 aliphatic heterocycles. The first-order valence-electron chi connectivity index (χ1n) is 14.5. The van der Waals surface area contributed by atoms with Crippen LogP contribution in [0.5, 0.6) is 11.5 Å². The van der Waals surface area contributed by atoms with Gasteiger partial charge in [0.2, 0.25) is 0 Å². The fourth-order valence-electron chi connectivity index (χ4n) is 5.72. The Morgan fingerprint density at radius 3 is 1.36 bits per heavy atom. The second-order valence-electron chi connectivity index (χ2n) is 10.9. The van der Waals surface area contributed by atoms with E-state index in [0.29, 0.717) is 23.3 Å². The highest BCUT2D eigenvalue weighted by Crippen LogP contribution is 2.43. The second-order valence-corrected chi connectivity index (χ2v) is 11.7. The van der Waals surface area contributed by atoms with Crippen molar-refractivity contribution in [2.45, 2.75) is 27.1 Å². The molecule has 6 aromatic carbocycles. The van der Waals surface area contributed by atoms with Gasteiger partial charge < -0.3 is 9.47 Å². The Labute approximate surface area is 268 Å². The van der Waals surface area contributed by atoms with Gasteiger partial charge in [-0.15, -0.1) is 0 Å². The molecule has 0 bridgehead atoms. The van der Waals surface area contributed by atoms with Gasteiger partial charge in [-0.1, -0.05) is 109 Å². The van der Waals surface area contributed by atoms with Crippen molar-refractivity contribution in [3.05, 3.63) is 154 Å². The van der Waals surface area contributed by atoms with Gasteiger partial charge in [0.25, 0.3) is 0 Å². The lowest BCUT2D eigenvalue weighted by Crippen LogP contribution is -2.00. The van der Waals surface area contributed by atoms with Crippen molar-refractivity contribution in [2.24, 2.45) is 0 Å². The number of rotatable bonds is 9. The van der Waals surface area contributed by atoms with Crippen LogP contribution < -0.4 is 9.47 Å². The SMILES string of the molecule is C=Cc1ccc2cc(C)c(OCc3ccccc3Cl)cc2c1-c1c(C=C)ccc2cc(C)c(OCc3ccccc3Cl)cc12. The molecule has 6 rings (SSSR count). The predicted molar refractivity (Wildman–Crippen MR) is 188 cm³/mol. The van der Waals surface area contributed by atoms with Crippen molar-refractivity contribution in [1.82, 2.24) is 0 Å². The molecule has 218 valence electrons. The van der Waals surface area contributed by atoms with Crippen molar-refractivity contribution in [1.29, 1.82) is 0 Å². The van der Waals surface area contributed by atoms with Gasteiger partial charge in [0.15, 0.2) is 0 Å². The molecular formula is C40H32Cl2O2. The Kier molecular flexibility index (Phi) is 8.48. The zero-order valence-corrected chi connectivity index (χ0v) is 26.3. The Balaban J connectivity index is 1.52. The van der Waals surface area contributed by atoms with Crippen molar-refractivity contribution in [3.63, 3.8) is 0 Å². The van der Waals surface area contributed by atoms with Crippen LogP contribution in [0.25, 0.3) is 44.8 Å². The first kappa shape index (κ1) is 29.6. The van der Waals surface area contributed by atoms with Gasteiger partial charge in [0.1, 0.15) is 24.7 Å². The largest absolute Gasteiger partial charge is 0.489 e. The van der Waals surface area contributed by atoms with Crippen LogP contribution in [-0.4, -0.2) is 0 Å². The summed E-state index contributed by atoms with van der Waals surface area (Å²) in [6.07, 6.45) is 3.82. The van der Waals surface area contributed by atoms with Gasteiger partial charge in [-0.25, -0.2) is 0 Å². The van der Waals surface area contributed by atoms with E-state index >= 15 is 0 Å². The number of aryl methyl sites for hydroxylation is 2.